The Labute approximate surface area is 137 Å². The molecule has 0 spiro atoms. The summed E-state index contributed by atoms with van der Waals surface area (Å²) in [6.45, 7) is 0. The van der Waals surface area contributed by atoms with Crippen molar-refractivity contribution < 1.29 is 4.63 Å². The van der Waals surface area contributed by atoms with Gasteiger partial charge in [0.05, 0.1) is 5.69 Å². The van der Waals surface area contributed by atoms with E-state index in [-0.39, 0.29) is 5.69 Å². The molecule has 24 heavy (non-hydrogen) atoms. The predicted octanol–water partition coefficient (Wildman–Crippen LogP) is 5.03. The van der Waals surface area contributed by atoms with Crippen LogP contribution in [0.4, 0.5) is 17.1 Å². The molecule has 1 N–H and O–H groups in total. The van der Waals surface area contributed by atoms with Crippen LogP contribution in [-0.4, -0.2) is 10.3 Å². The van der Waals surface area contributed by atoms with Crippen LogP contribution < -0.4 is 5.32 Å². The Morgan fingerprint density at radius 1 is 0.792 bits per heavy atom. The number of rotatable bonds is 4. The van der Waals surface area contributed by atoms with Gasteiger partial charge < -0.3 is 5.32 Å². The number of nitrogens with one attached hydrogen (secondary N) is 1. The van der Waals surface area contributed by atoms with Gasteiger partial charge in [0.15, 0.2) is 11.0 Å². The average molecular weight is 316 g/mol. The molecule has 3 aromatic carbocycles. The molecule has 0 fully saturated rings. The van der Waals surface area contributed by atoms with E-state index in [1.807, 2.05) is 54.6 Å². The highest BCUT2D eigenvalue weighted by Gasteiger charge is 2.13. The molecule has 0 aliphatic heterocycles. The van der Waals surface area contributed by atoms with Gasteiger partial charge in [0, 0.05) is 11.3 Å². The van der Waals surface area contributed by atoms with Crippen molar-refractivity contribution in [2.45, 2.75) is 0 Å². The lowest BCUT2D eigenvalue weighted by atomic mass is 10.0. The fourth-order valence-corrected chi connectivity index (χ4v) is 2.63. The SMILES string of the molecule is O=Nc1ccc(Nc2ccccc2-c2ccccc2)c2nonc12. The minimum atomic E-state index is 0.202. The van der Waals surface area contributed by atoms with Crippen molar-refractivity contribution in [3.05, 3.63) is 71.6 Å². The summed E-state index contributed by atoms with van der Waals surface area (Å²) >= 11 is 0. The summed E-state index contributed by atoms with van der Waals surface area (Å²) in [6, 6.07) is 21.4. The Morgan fingerprint density at radius 2 is 1.54 bits per heavy atom. The van der Waals surface area contributed by atoms with E-state index in [0.29, 0.717) is 16.7 Å². The first kappa shape index (κ1) is 14.1. The quantitative estimate of drug-likeness (QED) is 0.534. The van der Waals surface area contributed by atoms with Crippen molar-refractivity contribution in [2.75, 3.05) is 5.32 Å². The predicted molar refractivity (Wildman–Crippen MR) is 92.4 cm³/mol. The van der Waals surface area contributed by atoms with Gasteiger partial charge in [-0.15, -0.1) is 4.91 Å². The van der Waals surface area contributed by atoms with E-state index in [2.05, 4.69) is 20.8 Å². The highest BCUT2D eigenvalue weighted by atomic mass is 16.6. The summed E-state index contributed by atoms with van der Waals surface area (Å²) in [5.41, 5.74) is 4.78. The highest BCUT2D eigenvalue weighted by Crippen LogP contribution is 2.34. The summed E-state index contributed by atoms with van der Waals surface area (Å²) < 4.78 is 4.76. The first-order valence-electron chi connectivity index (χ1n) is 7.37. The summed E-state index contributed by atoms with van der Waals surface area (Å²) in [5.74, 6) is 0. The minimum absolute atomic E-state index is 0.202. The molecule has 0 saturated carbocycles. The Hall–Kier alpha value is -3.54. The standard InChI is InChI=1S/C18H12N4O2/c23-20-16-11-10-15(17-18(16)22-24-21-17)19-14-9-5-4-8-13(14)12-6-2-1-3-7-12/h1-11,19H. The second kappa shape index (κ2) is 5.92. The molecule has 0 radical (unpaired) electrons. The first-order chi connectivity index (χ1) is 11.9. The van der Waals surface area contributed by atoms with Gasteiger partial charge in [-0.2, -0.15) is 0 Å². The number of anilines is 2. The van der Waals surface area contributed by atoms with Gasteiger partial charge in [-0.1, -0.05) is 48.5 Å². The number of benzene rings is 3. The number of aromatic nitrogens is 2. The average Bonchev–Trinajstić information content (AvgIpc) is 3.13. The summed E-state index contributed by atoms with van der Waals surface area (Å²) in [7, 11) is 0. The monoisotopic (exact) mass is 316 g/mol. The number of hydrogen-bond donors (Lipinski definition) is 1. The third kappa shape index (κ3) is 2.40. The van der Waals surface area contributed by atoms with Crippen molar-refractivity contribution in [1.29, 1.82) is 0 Å². The van der Waals surface area contributed by atoms with Crippen molar-refractivity contribution in [2.24, 2.45) is 5.18 Å². The normalized spacial score (nSPS) is 10.7. The molecule has 116 valence electrons. The Kier molecular flexibility index (Phi) is 3.47. The lowest BCUT2D eigenvalue weighted by Crippen LogP contribution is -1.94. The van der Waals surface area contributed by atoms with Crippen LogP contribution in [0.2, 0.25) is 0 Å². The molecule has 0 amide bonds. The Bertz CT molecular complexity index is 1010. The maximum absolute atomic E-state index is 10.8. The van der Waals surface area contributed by atoms with Gasteiger partial charge in [0.2, 0.25) is 0 Å². The molecular formula is C18H12N4O2. The zero-order valence-corrected chi connectivity index (χ0v) is 12.5. The van der Waals surface area contributed by atoms with E-state index in [4.69, 9.17) is 4.63 Å². The van der Waals surface area contributed by atoms with E-state index in [1.165, 1.54) is 0 Å². The van der Waals surface area contributed by atoms with Crippen LogP contribution in [0.3, 0.4) is 0 Å². The molecule has 0 aliphatic rings. The van der Waals surface area contributed by atoms with Crippen molar-refractivity contribution >= 4 is 28.1 Å². The number of para-hydroxylation sites is 1. The van der Waals surface area contributed by atoms with Crippen LogP contribution in [0.5, 0.6) is 0 Å². The van der Waals surface area contributed by atoms with Gasteiger partial charge >= 0.3 is 0 Å². The first-order valence-corrected chi connectivity index (χ1v) is 7.37. The van der Waals surface area contributed by atoms with Gasteiger partial charge in [-0.25, -0.2) is 4.63 Å². The summed E-state index contributed by atoms with van der Waals surface area (Å²) in [6.07, 6.45) is 0. The number of fused-ring (bicyclic) bond motifs is 1. The fourth-order valence-electron chi connectivity index (χ4n) is 2.63. The third-order valence-corrected chi connectivity index (χ3v) is 3.77. The molecule has 0 aliphatic carbocycles. The zero-order valence-electron chi connectivity index (χ0n) is 12.5. The molecule has 6 heteroatoms. The maximum Gasteiger partial charge on any atom is 0.166 e. The second-order valence-corrected chi connectivity index (χ2v) is 5.22. The van der Waals surface area contributed by atoms with E-state index in [1.54, 1.807) is 12.1 Å². The lowest BCUT2D eigenvalue weighted by molar-refractivity contribution is 0.315. The summed E-state index contributed by atoms with van der Waals surface area (Å²) in [5, 5.41) is 13.9. The van der Waals surface area contributed by atoms with Crippen molar-refractivity contribution in [3.8, 4) is 11.1 Å². The van der Waals surface area contributed by atoms with Crippen LogP contribution in [0.1, 0.15) is 0 Å². The Balaban J connectivity index is 1.80. The van der Waals surface area contributed by atoms with Crippen LogP contribution in [0.15, 0.2) is 76.5 Å². The molecule has 0 saturated heterocycles. The van der Waals surface area contributed by atoms with Gasteiger partial charge in [0.1, 0.15) is 5.69 Å². The smallest absolute Gasteiger partial charge is 0.166 e. The van der Waals surface area contributed by atoms with E-state index < -0.39 is 0 Å². The molecule has 0 atom stereocenters. The molecular weight excluding hydrogens is 304 g/mol. The molecule has 4 aromatic rings. The van der Waals surface area contributed by atoms with Crippen molar-refractivity contribution in [1.82, 2.24) is 10.3 Å². The topological polar surface area (TPSA) is 80.4 Å². The molecule has 1 aromatic heterocycles. The lowest BCUT2D eigenvalue weighted by Gasteiger charge is -2.12. The van der Waals surface area contributed by atoms with Crippen LogP contribution in [-0.2, 0) is 0 Å². The fraction of sp³-hybridized carbons (Fsp3) is 0. The largest absolute Gasteiger partial charge is 0.353 e. The van der Waals surface area contributed by atoms with Gasteiger partial charge in [-0.05, 0) is 39.3 Å². The zero-order chi connectivity index (χ0) is 16.4. The van der Waals surface area contributed by atoms with Crippen molar-refractivity contribution in [3.63, 3.8) is 0 Å². The number of nitrogens with zero attached hydrogens (tertiary/aromatic N) is 3. The van der Waals surface area contributed by atoms with E-state index in [9.17, 15) is 4.91 Å². The number of hydrogen-bond acceptors (Lipinski definition) is 6. The van der Waals surface area contributed by atoms with E-state index >= 15 is 0 Å². The third-order valence-electron chi connectivity index (χ3n) is 3.77. The number of nitroso groups, excluding NO2 is 1. The van der Waals surface area contributed by atoms with Crippen LogP contribution in [0, 0.1) is 4.91 Å². The van der Waals surface area contributed by atoms with Crippen LogP contribution in [0.25, 0.3) is 22.2 Å². The van der Waals surface area contributed by atoms with E-state index in [0.717, 1.165) is 16.8 Å². The molecule has 0 bridgehead atoms. The minimum Gasteiger partial charge on any atom is -0.353 e. The molecule has 0 unspecified atom stereocenters. The molecule has 4 rings (SSSR count). The van der Waals surface area contributed by atoms with Gasteiger partial charge in [0.25, 0.3) is 0 Å². The Morgan fingerprint density at radius 3 is 2.38 bits per heavy atom. The molecule has 1 heterocycles. The second-order valence-electron chi connectivity index (χ2n) is 5.22. The summed E-state index contributed by atoms with van der Waals surface area (Å²) in [4.78, 5) is 10.8. The maximum atomic E-state index is 10.8. The highest BCUT2D eigenvalue weighted by molar-refractivity contribution is 5.97. The van der Waals surface area contributed by atoms with Crippen LogP contribution >= 0.6 is 0 Å². The molecule has 6 nitrogen and oxygen atoms in total. The van der Waals surface area contributed by atoms with Gasteiger partial charge in [-0.3, -0.25) is 0 Å².